The summed E-state index contributed by atoms with van der Waals surface area (Å²) in [5, 5.41) is 12.6. The predicted octanol–water partition coefficient (Wildman–Crippen LogP) is 2.79. The molecule has 6 heteroatoms. The third-order valence-electron chi connectivity index (χ3n) is 1.74. The minimum absolute atomic E-state index is 0. The number of nitrogen functional groups attached to an aromatic ring is 1. The van der Waals surface area contributed by atoms with Crippen LogP contribution in [0, 0.1) is 0 Å². The number of rotatable bonds is 4. The van der Waals surface area contributed by atoms with E-state index in [1.807, 2.05) is 0 Å². The Morgan fingerprint density at radius 2 is 1.87 bits per heavy atom. The first-order chi connectivity index (χ1) is 6.65. The van der Waals surface area contributed by atoms with Crippen molar-refractivity contribution in [2.24, 2.45) is 0 Å². The Balaban J connectivity index is 0.00000196. The molecule has 1 aromatic rings. The van der Waals surface area contributed by atoms with Crippen LogP contribution in [0.2, 0.25) is 10.0 Å². The summed E-state index contributed by atoms with van der Waals surface area (Å²) in [6, 6.07) is 3.28. The molecular formula is C9H13Cl3N2O. The highest BCUT2D eigenvalue weighted by molar-refractivity contribution is 6.42. The van der Waals surface area contributed by atoms with Gasteiger partial charge in [0.2, 0.25) is 0 Å². The van der Waals surface area contributed by atoms with Crippen LogP contribution in [0.5, 0.6) is 0 Å². The summed E-state index contributed by atoms with van der Waals surface area (Å²) in [4.78, 5) is 0. The summed E-state index contributed by atoms with van der Waals surface area (Å²) in [7, 11) is 0. The molecule has 4 N–H and O–H groups in total. The highest BCUT2D eigenvalue weighted by Crippen LogP contribution is 2.30. The Hall–Kier alpha value is -0.350. The molecule has 1 aromatic carbocycles. The van der Waals surface area contributed by atoms with Crippen molar-refractivity contribution in [3.05, 3.63) is 22.2 Å². The second-order valence-corrected chi connectivity index (χ2v) is 3.67. The number of nitrogens with one attached hydrogen (secondary N) is 1. The molecule has 0 aliphatic heterocycles. The number of nitrogens with two attached hydrogens (primary N) is 1. The third kappa shape index (κ3) is 4.34. The third-order valence-corrected chi connectivity index (χ3v) is 2.46. The summed E-state index contributed by atoms with van der Waals surface area (Å²) < 4.78 is 0. The van der Waals surface area contributed by atoms with Gasteiger partial charge >= 0.3 is 0 Å². The van der Waals surface area contributed by atoms with Crippen LogP contribution in [0.4, 0.5) is 11.4 Å². The fourth-order valence-electron chi connectivity index (χ4n) is 1.02. The monoisotopic (exact) mass is 270 g/mol. The zero-order valence-corrected chi connectivity index (χ0v) is 10.3. The maximum Gasteiger partial charge on any atom is 0.0614 e. The average Bonchev–Trinajstić information content (AvgIpc) is 2.14. The molecule has 15 heavy (non-hydrogen) atoms. The lowest BCUT2D eigenvalue weighted by Crippen LogP contribution is -2.05. The molecule has 0 aromatic heterocycles. The van der Waals surface area contributed by atoms with Crippen molar-refractivity contribution in [1.29, 1.82) is 0 Å². The van der Waals surface area contributed by atoms with Gasteiger partial charge in [-0.15, -0.1) is 12.4 Å². The number of hydrogen-bond donors (Lipinski definition) is 3. The standard InChI is InChI=1S/C9H12Cl2N2O.ClH/c10-6-4-8(12)9(5-7(6)11)13-2-1-3-14;/h4-5,13-14H,1-3,12H2;1H. The smallest absolute Gasteiger partial charge is 0.0614 e. The van der Waals surface area contributed by atoms with E-state index in [0.717, 1.165) is 5.69 Å². The molecule has 0 spiro atoms. The Morgan fingerprint density at radius 3 is 2.47 bits per heavy atom. The Bertz CT molecular complexity index is 320. The van der Waals surface area contributed by atoms with Gasteiger partial charge in [0.25, 0.3) is 0 Å². The van der Waals surface area contributed by atoms with Crippen LogP contribution in [-0.4, -0.2) is 18.3 Å². The SMILES string of the molecule is Cl.Nc1cc(Cl)c(Cl)cc1NCCCO. The summed E-state index contributed by atoms with van der Waals surface area (Å²) in [6.07, 6.45) is 0.666. The van der Waals surface area contributed by atoms with Gasteiger partial charge in [0, 0.05) is 13.2 Å². The van der Waals surface area contributed by atoms with Gasteiger partial charge in [0.15, 0.2) is 0 Å². The van der Waals surface area contributed by atoms with E-state index in [-0.39, 0.29) is 19.0 Å². The number of halogens is 3. The van der Waals surface area contributed by atoms with Crippen LogP contribution in [0.15, 0.2) is 12.1 Å². The maximum atomic E-state index is 8.59. The predicted molar refractivity (Wildman–Crippen MR) is 68.3 cm³/mol. The van der Waals surface area contributed by atoms with Crippen molar-refractivity contribution in [2.45, 2.75) is 6.42 Å². The second-order valence-electron chi connectivity index (χ2n) is 2.86. The van der Waals surface area contributed by atoms with Crippen LogP contribution in [0.3, 0.4) is 0 Å². The fraction of sp³-hybridized carbons (Fsp3) is 0.333. The van der Waals surface area contributed by atoms with E-state index < -0.39 is 0 Å². The molecule has 3 nitrogen and oxygen atoms in total. The molecule has 86 valence electrons. The van der Waals surface area contributed by atoms with Gasteiger partial charge in [-0.1, -0.05) is 23.2 Å². The molecular weight excluding hydrogens is 258 g/mol. The van der Waals surface area contributed by atoms with E-state index >= 15 is 0 Å². The number of aliphatic hydroxyl groups excluding tert-OH is 1. The molecule has 0 amide bonds. The first kappa shape index (κ1) is 14.6. The van der Waals surface area contributed by atoms with Gasteiger partial charge in [-0.25, -0.2) is 0 Å². The second kappa shape index (κ2) is 7.01. The summed E-state index contributed by atoms with van der Waals surface area (Å²) >= 11 is 11.6. The highest BCUT2D eigenvalue weighted by Gasteiger charge is 2.03. The van der Waals surface area contributed by atoms with Crippen molar-refractivity contribution in [2.75, 3.05) is 24.2 Å². The van der Waals surface area contributed by atoms with E-state index in [4.69, 9.17) is 34.0 Å². The number of hydrogen-bond acceptors (Lipinski definition) is 3. The lowest BCUT2D eigenvalue weighted by molar-refractivity contribution is 0.292. The molecule has 1 rings (SSSR count). The molecule has 0 bridgehead atoms. The largest absolute Gasteiger partial charge is 0.397 e. The topological polar surface area (TPSA) is 58.3 Å². The average molecular weight is 272 g/mol. The van der Waals surface area contributed by atoms with E-state index in [9.17, 15) is 0 Å². The van der Waals surface area contributed by atoms with E-state index in [1.54, 1.807) is 12.1 Å². The molecule has 0 aliphatic carbocycles. The van der Waals surface area contributed by atoms with Crippen LogP contribution < -0.4 is 11.1 Å². The van der Waals surface area contributed by atoms with Crippen molar-refractivity contribution >= 4 is 47.0 Å². The zero-order chi connectivity index (χ0) is 10.6. The van der Waals surface area contributed by atoms with Gasteiger partial charge < -0.3 is 16.2 Å². The van der Waals surface area contributed by atoms with Crippen LogP contribution in [0.25, 0.3) is 0 Å². The Kier molecular flexibility index (Phi) is 6.85. The van der Waals surface area contributed by atoms with E-state index in [1.165, 1.54) is 0 Å². The van der Waals surface area contributed by atoms with Gasteiger partial charge in [0.05, 0.1) is 21.4 Å². The van der Waals surface area contributed by atoms with Crippen LogP contribution in [-0.2, 0) is 0 Å². The number of anilines is 2. The van der Waals surface area contributed by atoms with E-state index in [2.05, 4.69) is 5.32 Å². The minimum atomic E-state index is 0. The minimum Gasteiger partial charge on any atom is -0.397 e. The summed E-state index contributed by atoms with van der Waals surface area (Å²) in [6.45, 7) is 0.798. The molecule has 0 saturated heterocycles. The quantitative estimate of drug-likeness (QED) is 0.583. The first-order valence-electron chi connectivity index (χ1n) is 4.24. The van der Waals surface area contributed by atoms with Gasteiger partial charge in [-0.05, 0) is 18.6 Å². The van der Waals surface area contributed by atoms with Crippen molar-refractivity contribution in [3.63, 3.8) is 0 Å². The lowest BCUT2D eigenvalue weighted by atomic mass is 10.2. The van der Waals surface area contributed by atoms with Gasteiger partial charge in [-0.2, -0.15) is 0 Å². The Labute approximate surface area is 105 Å². The molecule has 0 fully saturated rings. The molecule has 0 heterocycles. The van der Waals surface area contributed by atoms with E-state index in [0.29, 0.717) is 28.7 Å². The van der Waals surface area contributed by atoms with Crippen LogP contribution >= 0.6 is 35.6 Å². The summed E-state index contributed by atoms with van der Waals surface area (Å²) in [5.74, 6) is 0. The molecule has 0 radical (unpaired) electrons. The van der Waals surface area contributed by atoms with Gasteiger partial charge in [-0.3, -0.25) is 0 Å². The van der Waals surface area contributed by atoms with Crippen molar-refractivity contribution < 1.29 is 5.11 Å². The molecule has 0 aliphatic rings. The molecule has 0 saturated carbocycles. The highest BCUT2D eigenvalue weighted by atomic mass is 35.5. The van der Waals surface area contributed by atoms with Crippen molar-refractivity contribution in [3.8, 4) is 0 Å². The summed E-state index contributed by atoms with van der Waals surface area (Å²) in [5.41, 5.74) is 7.00. The Morgan fingerprint density at radius 1 is 1.27 bits per heavy atom. The van der Waals surface area contributed by atoms with Crippen LogP contribution in [0.1, 0.15) is 6.42 Å². The molecule has 0 atom stereocenters. The number of benzene rings is 1. The lowest BCUT2D eigenvalue weighted by Gasteiger charge is -2.09. The number of aliphatic hydroxyl groups is 1. The fourth-order valence-corrected chi connectivity index (χ4v) is 1.35. The van der Waals surface area contributed by atoms with Crippen molar-refractivity contribution in [1.82, 2.24) is 0 Å². The maximum absolute atomic E-state index is 8.59. The first-order valence-corrected chi connectivity index (χ1v) is 5.00. The van der Waals surface area contributed by atoms with Gasteiger partial charge in [0.1, 0.15) is 0 Å². The zero-order valence-electron chi connectivity index (χ0n) is 7.96. The normalized spacial score (nSPS) is 9.53. The molecule has 0 unspecified atom stereocenters.